The lowest BCUT2D eigenvalue weighted by Crippen LogP contribution is -2.27. The number of rotatable bonds is 8. The molecule has 1 saturated carbocycles. The van der Waals surface area contributed by atoms with Crippen molar-refractivity contribution in [2.75, 3.05) is 18.1 Å². The molecule has 2 heterocycles. The second-order valence-electron chi connectivity index (χ2n) is 7.43. The molecule has 1 aliphatic rings. The van der Waals surface area contributed by atoms with Crippen LogP contribution in [0.15, 0.2) is 41.6 Å². The van der Waals surface area contributed by atoms with Crippen LogP contribution in [0.4, 0.5) is 5.69 Å². The Labute approximate surface area is 193 Å². The molecule has 4 rings (SSSR count). The quantitative estimate of drug-likeness (QED) is 0.483. The first-order chi connectivity index (χ1) is 14.9. The normalized spacial score (nSPS) is 13.3. The van der Waals surface area contributed by atoms with E-state index in [4.69, 9.17) is 11.6 Å². The minimum Gasteiger partial charge on any atom is -0.340 e. The van der Waals surface area contributed by atoms with E-state index in [9.17, 15) is 9.59 Å². The summed E-state index contributed by atoms with van der Waals surface area (Å²) in [6, 6.07) is 11.4. The van der Waals surface area contributed by atoms with Gasteiger partial charge in [0.1, 0.15) is 5.82 Å². The van der Waals surface area contributed by atoms with Gasteiger partial charge in [0.2, 0.25) is 11.8 Å². The van der Waals surface area contributed by atoms with Crippen molar-refractivity contribution in [2.24, 2.45) is 0 Å². The zero-order valence-corrected chi connectivity index (χ0v) is 19.6. The van der Waals surface area contributed by atoms with Crippen LogP contribution in [0.1, 0.15) is 36.4 Å². The van der Waals surface area contributed by atoms with Gasteiger partial charge in [-0.25, -0.2) is 0 Å². The van der Waals surface area contributed by atoms with Gasteiger partial charge in [0, 0.05) is 30.5 Å². The summed E-state index contributed by atoms with van der Waals surface area (Å²) in [4.78, 5) is 26.8. The highest BCUT2D eigenvalue weighted by atomic mass is 35.5. The molecular weight excluding hydrogens is 454 g/mol. The van der Waals surface area contributed by atoms with E-state index in [1.165, 1.54) is 30.0 Å². The van der Waals surface area contributed by atoms with Crippen molar-refractivity contribution in [2.45, 2.75) is 37.4 Å². The second kappa shape index (κ2) is 9.42. The van der Waals surface area contributed by atoms with Crippen molar-refractivity contribution in [1.82, 2.24) is 19.7 Å². The summed E-state index contributed by atoms with van der Waals surface area (Å²) >= 11 is 8.82. The third-order valence-electron chi connectivity index (χ3n) is 4.80. The molecule has 0 atom stereocenters. The molecule has 10 heteroatoms. The highest BCUT2D eigenvalue weighted by Crippen LogP contribution is 2.41. The number of thioether (sulfide) groups is 1. The Morgan fingerprint density at radius 2 is 2.10 bits per heavy atom. The maximum absolute atomic E-state index is 12.7. The average molecular weight is 476 g/mol. The summed E-state index contributed by atoms with van der Waals surface area (Å²) in [7, 11) is 1.79. The van der Waals surface area contributed by atoms with Gasteiger partial charge in [0.05, 0.1) is 22.3 Å². The Morgan fingerprint density at radius 1 is 1.29 bits per heavy atom. The highest BCUT2D eigenvalue weighted by molar-refractivity contribution is 7.99. The van der Waals surface area contributed by atoms with Gasteiger partial charge >= 0.3 is 0 Å². The average Bonchev–Trinajstić information content (AvgIpc) is 3.36. The van der Waals surface area contributed by atoms with Crippen LogP contribution in [-0.2, 0) is 16.1 Å². The smallest absolute Gasteiger partial charge is 0.233 e. The van der Waals surface area contributed by atoms with Gasteiger partial charge in [-0.1, -0.05) is 29.4 Å². The largest absolute Gasteiger partial charge is 0.340 e. The van der Waals surface area contributed by atoms with Crippen LogP contribution in [0, 0.1) is 0 Å². The maximum Gasteiger partial charge on any atom is 0.233 e. The Kier molecular flexibility index (Phi) is 6.64. The van der Waals surface area contributed by atoms with E-state index >= 15 is 0 Å². The van der Waals surface area contributed by atoms with E-state index in [0.717, 1.165) is 29.2 Å². The Morgan fingerprint density at radius 3 is 2.77 bits per heavy atom. The monoisotopic (exact) mass is 475 g/mol. The van der Waals surface area contributed by atoms with E-state index < -0.39 is 0 Å². The van der Waals surface area contributed by atoms with Crippen molar-refractivity contribution < 1.29 is 9.59 Å². The molecule has 2 aromatic heterocycles. The van der Waals surface area contributed by atoms with Gasteiger partial charge in [-0.3, -0.25) is 14.2 Å². The van der Waals surface area contributed by atoms with E-state index in [1.54, 1.807) is 11.9 Å². The molecule has 0 unspecified atom stereocenters. The number of carbonyl (C=O) groups is 2. The lowest BCUT2D eigenvalue weighted by atomic mass is 10.2. The van der Waals surface area contributed by atoms with E-state index in [2.05, 4.69) is 15.5 Å². The maximum atomic E-state index is 12.7. The molecule has 1 aromatic carbocycles. The lowest BCUT2D eigenvalue weighted by molar-refractivity contribution is -0.127. The van der Waals surface area contributed by atoms with Crippen LogP contribution in [0.2, 0.25) is 4.34 Å². The fourth-order valence-electron chi connectivity index (χ4n) is 3.14. The summed E-state index contributed by atoms with van der Waals surface area (Å²) in [5.74, 6) is 1.41. The molecule has 0 spiro atoms. The molecule has 1 aliphatic carbocycles. The van der Waals surface area contributed by atoms with Crippen LogP contribution in [0.3, 0.4) is 0 Å². The third kappa shape index (κ3) is 5.47. The number of anilines is 1. The molecule has 0 saturated heterocycles. The number of carbonyl (C=O) groups excluding carboxylic acids is 2. The Balaban J connectivity index is 1.50. The van der Waals surface area contributed by atoms with Crippen molar-refractivity contribution in [3.63, 3.8) is 0 Å². The number of amides is 2. The van der Waals surface area contributed by atoms with Crippen LogP contribution in [0.25, 0.3) is 5.69 Å². The Bertz CT molecular complexity index is 1110. The number of hydrogen-bond donors (Lipinski definition) is 1. The van der Waals surface area contributed by atoms with E-state index in [0.29, 0.717) is 27.6 Å². The molecule has 31 heavy (non-hydrogen) atoms. The van der Waals surface area contributed by atoms with Gasteiger partial charge in [-0.15, -0.1) is 21.5 Å². The van der Waals surface area contributed by atoms with Gasteiger partial charge in [0.25, 0.3) is 0 Å². The molecule has 162 valence electrons. The van der Waals surface area contributed by atoms with Crippen LogP contribution in [0.5, 0.6) is 0 Å². The van der Waals surface area contributed by atoms with Gasteiger partial charge < -0.3 is 10.2 Å². The van der Waals surface area contributed by atoms with Crippen LogP contribution in [-0.4, -0.2) is 44.3 Å². The first-order valence-electron chi connectivity index (χ1n) is 9.85. The predicted molar refractivity (Wildman–Crippen MR) is 124 cm³/mol. The molecular formula is C21H22ClN5O2S2. The number of nitrogens with zero attached hydrogens (tertiary/aromatic N) is 4. The summed E-state index contributed by atoms with van der Waals surface area (Å²) in [5, 5.41) is 12.3. The highest BCUT2D eigenvalue weighted by Gasteiger charge is 2.31. The van der Waals surface area contributed by atoms with E-state index in [-0.39, 0.29) is 17.6 Å². The number of nitrogens with one attached hydrogen (secondary N) is 1. The summed E-state index contributed by atoms with van der Waals surface area (Å²) in [5.41, 5.74) is 1.58. The molecule has 7 nitrogen and oxygen atoms in total. The molecule has 3 aromatic rings. The standard InChI is InChI=1S/C21H22ClN5O2S2/c1-13(28)23-15-4-3-5-16(10-15)27-20(14-6-7-14)24-25-21(27)30-12-19(29)26(2)11-17-8-9-18(22)31-17/h3-5,8-10,14H,6-7,11-12H2,1-2H3,(H,23,28). The minimum absolute atomic E-state index is 0.00374. The number of thiophene rings is 1. The molecule has 0 radical (unpaired) electrons. The molecule has 0 aliphatic heterocycles. The molecule has 2 amide bonds. The predicted octanol–water partition coefficient (Wildman–Crippen LogP) is 4.57. The first-order valence-corrected chi connectivity index (χ1v) is 12.0. The zero-order valence-electron chi connectivity index (χ0n) is 17.2. The Hall–Kier alpha value is -2.36. The first kappa shape index (κ1) is 21.9. The second-order valence-corrected chi connectivity index (χ2v) is 10.2. The number of hydrogen-bond acceptors (Lipinski definition) is 6. The SMILES string of the molecule is CC(=O)Nc1cccc(-n2c(SCC(=O)N(C)Cc3ccc(Cl)s3)nnc2C2CC2)c1. The fraction of sp³-hybridized carbons (Fsp3) is 0.333. The van der Waals surface area contributed by atoms with Crippen molar-refractivity contribution in [1.29, 1.82) is 0 Å². The topological polar surface area (TPSA) is 80.1 Å². The summed E-state index contributed by atoms with van der Waals surface area (Å²) in [6.07, 6.45) is 2.17. The van der Waals surface area contributed by atoms with Gasteiger partial charge in [-0.2, -0.15) is 0 Å². The zero-order chi connectivity index (χ0) is 22.0. The van der Waals surface area contributed by atoms with Gasteiger partial charge in [0.15, 0.2) is 5.16 Å². The summed E-state index contributed by atoms with van der Waals surface area (Å²) < 4.78 is 2.72. The van der Waals surface area contributed by atoms with Crippen molar-refractivity contribution in [3.8, 4) is 5.69 Å². The number of benzene rings is 1. The van der Waals surface area contributed by atoms with Crippen molar-refractivity contribution in [3.05, 3.63) is 51.4 Å². The van der Waals surface area contributed by atoms with Crippen molar-refractivity contribution >= 4 is 52.2 Å². The number of aromatic nitrogens is 3. The van der Waals surface area contributed by atoms with Crippen LogP contribution >= 0.6 is 34.7 Å². The van der Waals surface area contributed by atoms with E-state index in [1.807, 2.05) is 41.0 Å². The molecule has 1 N–H and O–H groups in total. The summed E-state index contributed by atoms with van der Waals surface area (Å²) in [6.45, 7) is 2.00. The lowest BCUT2D eigenvalue weighted by Gasteiger charge is -2.16. The fourth-order valence-corrected chi connectivity index (χ4v) is 5.19. The van der Waals surface area contributed by atoms with Crippen LogP contribution < -0.4 is 5.32 Å². The molecule has 0 bridgehead atoms. The van der Waals surface area contributed by atoms with Gasteiger partial charge in [-0.05, 0) is 43.2 Å². The molecule has 1 fully saturated rings. The number of halogens is 1. The minimum atomic E-state index is -0.126. The third-order valence-corrected chi connectivity index (χ3v) is 6.93.